The quantitative estimate of drug-likeness (QED) is 0.707. The summed E-state index contributed by atoms with van der Waals surface area (Å²) in [5.41, 5.74) is 1.04. The fourth-order valence-electron chi connectivity index (χ4n) is 3.52. The Hall–Kier alpha value is -3.08. The molecule has 0 spiro atoms. The van der Waals surface area contributed by atoms with Gasteiger partial charge in [0.15, 0.2) is 0 Å². The van der Waals surface area contributed by atoms with Crippen LogP contribution in [0.4, 0.5) is 0 Å². The molecule has 5 nitrogen and oxygen atoms in total. The average molecular weight is 392 g/mol. The molecular weight excluding hydrogens is 364 g/mol. The molecule has 2 amide bonds. The molecule has 1 heterocycles. The van der Waals surface area contributed by atoms with Gasteiger partial charge >= 0.3 is 0 Å². The second-order valence-electron chi connectivity index (χ2n) is 7.70. The van der Waals surface area contributed by atoms with Crippen LogP contribution in [0.25, 0.3) is 0 Å². The highest BCUT2D eigenvalue weighted by Crippen LogP contribution is 2.26. The fourth-order valence-corrected chi connectivity index (χ4v) is 3.52. The average Bonchev–Trinajstić information content (AvgIpc) is 2.77. The van der Waals surface area contributed by atoms with E-state index in [9.17, 15) is 9.59 Å². The van der Waals surface area contributed by atoms with Crippen molar-refractivity contribution < 1.29 is 14.3 Å². The van der Waals surface area contributed by atoms with Crippen molar-refractivity contribution in [3.8, 4) is 5.75 Å². The standard InChI is InChI=1S/C24H28N2O3/c1-4-18-29-21-12-10-19(11-13-21)22(27)25-14-16-26(17-15-25)23(28)24(2,3)20-8-6-5-7-9-20/h4-13H,1,14-18H2,2-3H3. The minimum absolute atomic E-state index is 0.0188. The molecule has 0 N–H and O–H groups in total. The lowest BCUT2D eigenvalue weighted by Gasteiger charge is -2.38. The van der Waals surface area contributed by atoms with Crippen molar-refractivity contribution in [3.63, 3.8) is 0 Å². The van der Waals surface area contributed by atoms with Crippen LogP contribution in [0, 0.1) is 0 Å². The Morgan fingerprint density at radius 2 is 1.55 bits per heavy atom. The molecule has 0 atom stereocenters. The van der Waals surface area contributed by atoms with E-state index in [4.69, 9.17) is 4.74 Å². The molecule has 0 radical (unpaired) electrons. The third kappa shape index (κ3) is 4.67. The molecule has 2 aromatic carbocycles. The van der Waals surface area contributed by atoms with Crippen LogP contribution in [0.5, 0.6) is 5.75 Å². The molecule has 2 aromatic rings. The summed E-state index contributed by atoms with van der Waals surface area (Å²) in [5, 5.41) is 0. The highest BCUT2D eigenvalue weighted by molar-refractivity contribution is 5.94. The van der Waals surface area contributed by atoms with Crippen LogP contribution in [0.15, 0.2) is 67.3 Å². The minimum Gasteiger partial charge on any atom is -0.490 e. The molecule has 29 heavy (non-hydrogen) atoms. The number of hydrogen-bond donors (Lipinski definition) is 0. The molecule has 0 unspecified atom stereocenters. The van der Waals surface area contributed by atoms with Gasteiger partial charge in [0.1, 0.15) is 12.4 Å². The summed E-state index contributed by atoms with van der Waals surface area (Å²) in [6.45, 7) is 10.1. The number of amides is 2. The van der Waals surface area contributed by atoms with E-state index in [1.54, 1.807) is 35.2 Å². The molecule has 0 aliphatic carbocycles. The Kier molecular flexibility index (Phi) is 6.37. The Morgan fingerprint density at radius 1 is 0.966 bits per heavy atom. The van der Waals surface area contributed by atoms with E-state index in [0.29, 0.717) is 44.1 Å². The first-order valence-corrected chi connectivity index (χ1v) is 9.91. The summed E-state index contributed by atoms with van der Waals surface area (Å²) in [7, 11) is 0. The summed E-state index contributed by atoms with van der Waals surface area (Å²) in [6.07, 6.45) is 1.68. The van der Waals surface area contributed by atoms with E-state index in [1.165, 1.54) is 0 Å². The fraction of sp³-hybridized carbons (Fsp3) is 0.333. The second kappa shape index (κ2) is 8.95. The zero-order valence-electron chi connectivity index (χ0n) is 17.1. The molecule has 1 aliphatic rings. The number of piperazine rings is 1. The Labute approximate surface area is 172 Å². The monoisotopic (exact) mass is 392 g/mol. The van der Waals surface area contributed by atoms with E-state index in [2.05, 4.69) is 6.58 Å². The van der Waals surface area contributed by atoms with Crippen LogP contribution in [0.2, 0.25) is 0 Å². The second-order valence-corrected chi connectivity index (χ2v) is 7.70. The summed E-state index contributed by atoms with van der Waals surface area (Å²) < 4.78 is 5.46. The lowest BCUT2D eigenvalue weighted by atomic mass is 9.83. The van der Waals surface area contributed by atoms with Gasteiger partial charge in [0.25, 0.3) is 5.91 Å². The SMILES string of the molecule is C=CCOc1ccc(C(=O)N2CCN(C(=O)C(C)(C)c3ccccc3)CC2)cc1. The Morgan fingerprint density at radius 3 is 2.14 bits per heavy atom. The van der Waals surface area contributed by atoms with Crippen molar-refractivity contribution in [2.75, 3.05) is 32.8 Å². The molecule has 1 aliphatic heterocycles. The van der Waals surface area contributed by atoms with Crippen molar-refractivity contribution in [2.24, 2.45) is 0 Å². The third-order valence-electron chi connectivity index (χ3n) is 5.35. The molecule has 0 saturated carbocycles. The molecule has 152 valence electrons. The summed E-state index contributed by atoms with van der Waals surface area (Å²) >= 11 is 0. The third-order valence-corrected chi connectivity index (χ3v) is 5.35. The van der Waals surface area contributed by atoms with Crippen LogP contribution in [-0.2, 0) is 10.2 Å². The number of benzene rings is 2. The van der Waals surface area contributed by atoms with E-state index in [0.717, 1.165) is 5.56 Å². The smallest absolute Gasteiger partial charge is 0.253 e. The number of nitrogens with zero attached hydrogens (tertiary/aromatic N) is 2. The summed E-state index contributed by atoms with van der Waals surface area (Å²) in [4.78, 5) is 29.5. The van der Waals surface area contributed by atoms with E-state index >= 15 is 0 Å². The number of hydrogen-bond acceptors (Lipinski definition) is 3. The van der Waals surface area contributed by atoms with Crippen molar-refractivity contribution in [1.29, 1.82) is 0 Å². The maximum Gasteiger partial charge on any atom is 0.253 e. The van der Waals surface area contributed by atoms with E-state index < -0.39 is 5.41 Å². The number of rotatable bonds is 6. The molecule has 1 saturated heterocycles. The molecule has 5 heteroatoms. The van der Waals surface area contributed by atoms with Crippen molar-refractivity contribution >= 4 is 11.8 Å². The Balaban J connectivity index is 1.59. The van der Waals surface area contributed by atoms with Gasteiger partial charge in [-0.2, -0.15) is 0 Å². The van der Waals surface area contributed by atoms with Gasteiger partial charge in [-0.25, -0.2) is 0 Å². The van der Waals surface area contributed by atoms with Gasteiger partial charge in [0.2, 0.25) is 5.91 Å². The molecule has 3 rings (SSSR count). The first-order chi connectivity index (χ1) is 13.9. The zero-order chi connectivity index (χ0) is 20.9. The largest absolute Gasteiger partial charge is 0.490 e. The van der Waals surface area contributed by atoms with Crippen LogP contribution in [0.3, 0.4) is 0 Å². The van der Waals surface area contributed by atoms with Gasteiger partial charge < -0.3 is 14.5 Å². The molecule has 0 aromatic heterocycles. The highest BCUT2D eigenvalue weighted by atomic mass is 16.5. The number of ether oxygens (including phenoxy) is 1. The van der Waals surface area contributed by atoms with Gasteiger partial charge in [-0.15, -0.1) is 0 Å². The van der Waals surface area contributed by atoms with E-state index in [1.807, 2.05) is 49.1 Å². The normalized spacial score (nSPS) is 14.4. The number of carbonyl (C=O) groups is 2. The predicted molar refractivity (Wildman–Crippen MR) is 114 cm³/mol. The zero-order valence-corrected chi connectivity index (χ0v) is 17.1. The minimum atomic E-state index is -0.589. The maximum absolute atomic E-state index is 13.1. The first kappa shape index (κ1) is 20.6. The van der Waals surface area contributed by atoms with Gasteiger partial charge in [0, 0.05) is 31.7 Å². The van der Waals surface area contributed by atoms with Gasteiger partial charge in [-0.05, 0) is 43.7 Å². The van der Waals surface area contributed by atoms with Gasteiger partial charge in [0.05, 0.1) is 5.41 Å². The van der Waals surface area contributed by atoms with Gasteiger partial charge in [-0.3, -0.25) is 9.59 Å². The molecule has 0 bridgehead atoms. The van der Waals surface area contributed by atoms with Gasteiger partial charge in [-0.1, -0.05) is 43.0 Å². The van der Waals surface area contributed by atoms with Crippen LogP contribution in [-0.4, -0.2) is 54.4 Å². The topological polar surface area (TPSA) is 49.9 Å². The lowest BCUT2D eigenvalue weighted by molar-refractivity contribution is -0.137. The van der Waals surface area contributed by atoms with Crippen molar-refractivity contribution in [1.82, 2.24) is 9.80 Å². The van der Waals surface area contributed by atoms with Crippen LogP contribution in [0.1, 0.15) is 29.8 Å². The summed E-state index contributed by atoms with van der Waals surface area (Å²) in [5.74, 6) is 0.786. The molecule has 1 fully saturated rings. The van der Waals surface area contributed by atoms with Crippen LogP contribution >= 0.6 is 0 Å². The van der Waals surface area contributed by atoms with E-state index in [-0.39, 0.29) is 11.8 Å². The maximum atomic E-state index is 13.1. The number of carbonyl (C=O) groups excluding carboxylic acids is 2. The van der Waals surface area contributed by atoms with Crippen molar-refractivity contribution in [2.45, 2.75) is 19.3 Å². The van der Waals surface area contributed by atoms with Crippen LogP contribution < -0.4 is 4.74 Å². The lowest BCUT2D eigenvalue weighted by Crippen LogP contribution is -2.54. The predicted octanol–water partition coefficient (Wildman–Crippen LogP) is 3.51. The van der Waals surface area contributed by atoms with Crippen molar-refractivity contribution in [3.05, 3.63) is 78.4 Å². The molecular formula is C24H28N2O3. The summed E-state index contributed by atoms with van der Waals surface area (Å²) in [6, 6.07) is 17.0. The first-order valence-electron chi connectivity index (χ1n) is 9.91. The Bertz CT molecular complexity index is 851. The highest BCUT2D eigenvalue weighted by Gasteiger charge is 2.35.